The molecule has 0 saturated heterocycles. The standard InChI is InChI=1S/C16H29N3O/c1-4-18(5-2)13-14-19(12-8-11-17)15-9-6-7-10-16(15)20-3/h6-7,9-10H,4-5,8,11-14,17H2,1-3H3. The molecule has 0 aliphatic rings. The molecule has 0 aromatic heterocycles. The van der Waals surface area contributed by atoms with Gasteiger partial charge in [0.2, 0.25) is 0 Å². The first kappa shape index (κ1) is 16.8. The fraction of sp³-hybridized carbons (Fsp3) is 0.625. The molecule has 4 nitrogen and oxygen atoms in total. The fourth-order valence-electron chi connectivity index (χ4n) is 2.33. The number of rotatable bonds is 10. The summed E-state index contributed by atoms with van der Waals surface area (Å²) in [6, 6.07) is 8.21. The molecule has 0 heterocycles. The van der Waals surface area contributed by atoms with E-state index in [1.165, 1.54) is 0 Å². The SMILES string of the molecule is CCN(CC)CCN(CCCN)c1ccccc1OC. The molecule has 0 atom stereocenters. The van der Waals surface area contributed by atoms with Gasteiger partial charge in [0.15, 0.2) is 0 Å². The lowest BCUT2D eigenvalue weighted by Crippen LogP contribution is -2.36. The van der Waals surface area contributed by atoms with Crippen LogP contribution in [-0.4, -0.2) is 51.3 Å². The van der Waals surface area contributed by atoms with Gasteiger partial charge in [0, 0.05) is 19.6 Å². The summed E-state index contributed by atoms with van der Waals surface area (Å²) in [6.07, 6.45) is 0.996. The van der Waals surface area contributed by atoms with Crippen molar-refractivity contribution < 1.29 is 4.74 Å². The molecular formula is C16H29N3O. The van der Waals surface area contributed by atoms with Crippen LogP contribution in [0.3, 0.4) is 0 Å². The summed E-state index contributed by atoms with van der Waals surface area (Å²) in [6.45, 7) is 10.3. The normalized spacial score (nSPS) is 10.8. The van der Waals surface area contributed by atoms with E-state index in [0.29, 0.717) is 0 Å². The Bertz CT molecular complexity index is 366. The molecule has 20 heavy (non-hydrogen) atoms. The molecule has 2 N–H and O–H groups in total. The Balaban J connectivity index is 2.77. The minimum Gasteiger partial charge on any atom is -0.495 e. The van der Waals surface area contributed by atoms with Gasteiger partial charge in [-0.3, -0.25) is 0 Å². The van der Waals surface area contributed by atoms with Gasteiger partial charge in [-0.1, -0.05) is 26.0 Å². The van der Waals surface area contributed by atoms with Gasteiger partial charge >= 0.3 is 0 Å². The minimum absolute atomic E-state index is 0.719. The zero-order chi connectivity index (χ0) is 14.8. The zero-order valence-electron chi connectivity index (χ0n) is 13.1. The number of hydrogen-bond acceptors (Lipinski definition) is 4. The van der Waals surface area contributed by atoms with E-state index in [2.05, 4.69) is 35.8 Å². The molecule has 4 heteroatoms. The van der Waals surface area contributed by atoms with Gasteiger partial charge in [-0.05, 0) is 38.2 Å². The molecule has 0 amide bonds. The molecule has 0 aliphatic heterocycles. The highest BCUT2D eigenvalue weighted by Gasteiger charge is 2.12. The summed E-state index contributed by atoms with van der Waals surface area (Å²) < 4.78 is 5.48. The monoisotopic (exact) mass is 279 g/mol. The highest BCUT2D eigenvalue weighted by atomic mass is 16.5. The van der Waals surface area contributed by atoms with Gasteiger partial charge in [-0.15, -0.1) is 0 Å². The zero-order valence-corrected chi connectivity index (χ0v) is 13.1. The number of nitrogens with two attached hydrogens (primary N) is 1. The van der Waals surface area contributed by atoms with Gasteiger partial charge in [0.1, 0.15) is 5.75 Å². The quantitative estimate of drug-likeness (QED) is 0.713. The number of likely N-dealkylation sites (N-methyl/N-ethyl adjacent to an activating group) is 1. The maximum Gasteiger partial charge on any atom is 0.142 e. The minimum atomic E-state index is 0.719. The van der Waals surface area contributed by atoms with Crippen LogP contribution < -0.4 is 15.4 Å². The smallest absolute Gasteiger partial charge is 0.142 e. The molecule has 0 aliphatic carbocycles. The van der Waals surface area contributed by atoms with Crippen LogP contribution in [0.1, 0.15) is 20.3 Å². The number of nitrogens with zero attached hydrogens (tertiary/aromatic N) is 2. The lowest BCUT2D eigenvalue weighted by Gasteiger charge is -2.29. The molecule has 1 rings (SSSR count). The van der Waals surface area contributed by atoms with Crippen molar-refractivity contribution in [3.63, 3.8) is 0 Å². The number of methoxy groups -OCH3 is 1. The molecule has 0 unspecified atom stereocenters. The molecule has 0 fully saturated rings. The first-order valence-electron chi connectivity index (χ1n) is 7.57. The van der Waals surface area contributed by atoms with Gasteiger partial charge in [-0.25, -0.2) is 0 Å². The predicted octanol–water partition coefficient (Wildman–Crippen LogP) is 2.19. The Morgan fingerprint density at radius 2 is 1.75 bits per heavy atom. The average molecular weight is 279 g/mol. The molecule has 1 aromatic carbocycles. The van der Waals surface area contributed by atoms with E-state index in [-0.39, 0.29) is 0 Å². The Hall–Kier alpha value is -1.26. The number of benzene rings is 1. The van der Waals surface area contributed by atoms with Crippen molar-refractivity contribution >= 4 is 5.69 Å². The van der Waals surface area contributed by atoms with Crippen molar-refractivity contribution in [3.05, 3.63) is 24.3 Å². The van der Waals surface area contributed by atoms with Crippen LogP contribution >= 0.6 is 0 Å². The highest BCUT2D eigenvalue weighted by Crippen LogP contribution is 2.27. The summed E-state index contributed by atoms with van der Waals surface area (Å²) in [5.74, 6) is 0.934. The van der Waals surface area contributed by atoms with E-state index < -0.39 is 0 Å². The third-order valence-electron chi connectivity index (χ3n) is 3.64. The highest BCUT2D eigenvalue weighted by molar-refractivity contribution is 5.58. The summed E-state index contributed by atoms with van der Waals surface area (Å²) in [5, 5.41) is 0. The number of hydrogen-bond donors (Lipinski definition) is 1. The molecule has 114 valence electrons. The van der Waals surface area contributed by atoms with Gasteiger partial charge < -0.3 is 20.3 Å². The first-order chi connectivity index (χ1) is 9.76. The van der Waals surface area contributed by atoms with Crippen LogP contribution in [-0.2, 0) is 0 Å². The summed E-state index contributed by atoms with van der Waals surface area (Å²) >= 11 is 0. The predicted molar refractivity (Wildman–Crippen MR) is 86.7 cm³/mol. The lowest BCUT2D eigenvalue weighted by atomic mass is 10.2. The summed E-state index contributed by atoms with van der Waals surface area (Å²) in [4.78, 5) is 4.81. The van der Waals surface area contributed by atoms with Crippen LogP contribution in [0.5, 0.6) is 5.75 Å². The van der Waals surface area contributed by atoms with E-state index in [4.69, 9.17) is 10.5 Å². The Kier molecular flexibility index (Phi) is 8.07. The largest absolute Gasteiger partial charge is 0.495 e. The van der Waals surface area contributed by atoms with E-state index in [1.54, 1.807) is 7.11 Å². The Labute approximate surface area is 123 Å². The third-order valence-corrected chi connectivity index (χ3v) is 3.64. The van der Waals surface area contributed by atoms with Crippen molar-refractivity contribution in [1.29, 1.82) is 0 Å². The molecule has 0 spiro atoms. The van der Waals surface area contributed by atoms with Gasteiger partial charge in [0.05, 0.1) is 12.8 Å². The molecule has 0 radical (unpaired) electrons. The number of ether oxygens (including phenoxy) is 1. The first-order valence-corrected chi connectivity index (χ1v) is 7.57. The maximum absolute atomic E-state index is 5.67. The van der Waals surface area contributed by atoms with Crippen molar-refractivity contribution in [3.8, 4) is 5.75 Å². The van der Waals surface area contributed by atoms with Crippen molar-refractivity contribution in [2.24, 2.45) is 5.73 Å². The van der Waals surface area contributed by atoms with Crippen molar-refractivity contribution in [2.75, 3.05) is 51.3 Å². The fourth-order valence-corrected chi connectivity index (χ4v) is 2.33. The average Bonchev–Trinajstić information content (AvgIpc) is 2.51. The van der Waals surface area contributed by atoms with Crippen LogP contribution in [0, 0.1) is 0 Å². The topological polar surface area (TPSA) is 41.7 Å². The van der Waals surface area contributed by atoms with E-state index in [1.807, 2.05) is 12.1 Å². The second-order valence-corrected chi connectivity index (χ2v) is 4.83. The van der Waals surface area contributed by atoms with Crippen LogP contribution in [0.15, 0.2) is 24.3 Å². The number of anilines is 1. The van der Waals surface area contributed by atoms with Crippen molar-refractivity contribution in [2.45, 2.75) is 20.3 Å². The van der Waals surface area contributed by atoms with Crippen LogP contribution in [0.25, 0.3) is 0 Å². The van der Waals surface area contributed by atoms with Gasteiger partial charge in [0.25, 0.3) is 0 Å². The molecular weight excluding hydrogens is 250 g/mol. The second kappa shape index (κ2) is 9.61. The summed E-state index contributed by atoms with van der Waals surface area (Å²) in [5.41, 5.74) is 6.83. The molecule has 0 bridgehead atoms. The Morgan fingerprint density at radius 1 is 1.05 bits per heavy atom. The van der Waals surface area contributed by atoms with E-state index in [0.717, 1.165) is 57.1 Å². The summed E-state index contributed by atoms with van der Waals surface area (Å²) in [7, 11) is 1.73. The Morgan fingerprint density at radius 3 is 2.35 bits per heavy atom. The van der Waals surface area contributed by atoms with Crippen LogP contribution in [0.4, 0.5) is 5.69 Å². The maximum atomic E-state index is 5.67. The van der Waals surface area contributed by atoms with Gasteiger partial charge in [-0.2, -0.15) is 0 Å². The lowest BCUT2D eigenvalue weighted by molar-refractivity contribution is 0.309. The number of para-hydroxylation sites is 2. The third kappa shape index (κ3) is 5.02. The molecule has 0 saturated carbocycles. The second-order valence-electron chi connectivity index (χ2n) is 4.83. The van der Waals surface area contributed by atoms with E-state index >= 15 is 0 Å². The van der Waals surface area contributed by atoms with E-state index in [9.17, 15) is 0 Å². The van der Waals surface area contributed by atoms with Crippen molar-refractivity contribution in [1.82, 2.24) is 4.90 Å². The van der Waals surface area contributed by atoms with Crippen LogP contribution in [0.2, 0.25) is 0 Å². The molecule has 1 aromatic rings.